The molecule has 1 aliphatic carbocycles. The summed E-state index contributed by atoms with van der Waals surface area (Å²) in [5, 5.41) is 4.38. The molecule has 0 saturated heterocycles. The van der Waals surface area contributed by atoms with Crippen LogP contribution >= 0.6 is 0 Å². The number of anilines is 1. The minimum absolute atomic E-state index is 0.0347. The van der Waals surface area contributed by atoms with Crippen molar-refractivity contribution in [3.05, 3.63) is 78.1 Å². The summed E-state index contributed by atoms with van der Waals surface area (Å²) in [6.45, 7) is 1.22. The fraction of sp³-hybridized carbons (Fsp3) is 0.300. The van der Waals surface area contributed by atoms with Gasteiger partial charge in [-0.3, -0.25) is 4.79 Å². The summed E-state index contributed by atoms with van der Waals surface area (Å²) >= 11 is 0. The largest absolute Gasteiger partial charge is 0.497 e. The van der Waals surface area contributed by atoms with Gasteiger partial charge in [-0.1, -0.05) is 24.3 Å². The number of nitrogens with zero attached hydrogens (tertiary/aromatic N) is 3. The maximum Gasteiger partial charge on any atom is 0.249 e. The standard InChI is InChI=1S/C30H32N4O4/c1-36-18-29(35)34(24-9-10-24)17-20-5-4-6-21(13-20)22-8-12-27-26(14-22)30(33-19-32-27)31-16-23-7-11-25(37-2)15-28(23)38-3/h4-8,11-15,19,24H,9-10,16-18H2,1-3H3,(H,31,32,33). The van der Waals surface area contributed by atoms with E-state index in [1.807, 2.05) is 35.2 Å². The number of nitrogens with one attached hydrogen (secondary N) is 1. The molecule has 0 atom stereocenters. The molecular formula is C30H32N4O4. The van der Waals surface area contributed by atoms with E-state index in [0.717, 1.165) is 63.3 Å². The third-order valence-electron chi connectivity index (χ3n) is 6.76. The summed E-state index contributed by atoms with van der Waals surface area (Å²) in [4.78, 5) is 23.5. The molecule has 1 amide bonds. The van der Waals surface area contributed by atoms with Gasteiger partial charge >= 0.3 is 0 Å². The first-order valence-corrected chi connectivity index (χ1v) is 12.7. The summed E-state index contributed by atoms with van der Waals surface area (Å²) in [5.41, 5.74) is 5.07. The molecule has 8 heteroatoms. The van der Waals surface area contributed by atoms with Gasteiger partial charge in [0.15, 0.2) is 0 Å². The number of amides is 1. The number of ether oxygens (including phenoxy) is 3. The van der Waals surface area contributed by atoms with Crippen LogP contribution in [-0.4, -0.2) is 54.8 Å². The number of methoxy groups -OCH3 is 3. The summed E-state index contributed by atoms with van der Waals surface area (Å²) in [5.74, 6) is 2.27. The average Bonchev–Trinajstić information content (AvgIpc) is 3.80. The first-order chi connectivity index (χ1) is 18.6. The Morgan fingerprint density at radius 1 is 0.974 bits per heavy atom. The number of carbonyl (C=O) groups excluding carboxylic acids is 1. The molecule has 1 fully saturated rings. The second kappa shape index (κ2) is 11.5. The van der Waals surface area contributed by atoms with Gasteiger partial charge < -0.3 is 24.4 Å². The summed E-state index contributed by atoms with van der Waals surface area (Å²) in [6.07, 6.45) is 3.68. The first kappa shape index (κ1) is 25.5. The van der Waals surface area contributed by atoms with Gasteiger partial charge in [0.25, 0.3) is 0 Å². The Bertz CT molecular complexity index is 1440. The van der Waals surface area contributed by atoms with Gasteiger partial charge in [0.05, 0.1) is 19.7 Å². The second-order valence-corrected chi connectivity index (χ2v) is 9.37. The van der Waals surface area contributed by atoms with E-state index >= 15 is 0 Å². The van der Waals surface area contributed by atoms with Crippen molar-refractivity contribution in [1.29, 1.82) is 0 Å². The van der Waals surface area contributed by atoms with E-state index in [9.17, 15) is 4.79 Å². The third-order valence-corrected chi connectivity index (χ3v) is 6.76. The van der Waals surface area contributed by atoms with Crippen molar-refractivity contribution in [2.75, 3.05) is 33.3 Å². The smallest absolute Gasteiger partial charge is 0.249 e. The summed E-state index contributed by atoms with van der Waals surface area (Å²) in [6, 6.07) is 20.6. The van der Waals surface area contributed by atoms with Crippen LogP contribution in [0.3, 0.4) is 0 Å². The highest BCUT2D eigenvalue weighted by Gasteiger charge is 2.32. The van der Waals surface area contributed by atoms with Crippen molar-refractivity contribution in [3.8, 4) is 22.6 Å². The molecule has 3 aromatic carbocycles. The van der Waals surface area contributed by atoms with E-state index in [0.29, 0.717) is 19.1 Å². The van der Waals surface area contributed by atoms with Gasteiger partial charge in [0.2, 0.25) is 5.91 Å². The van der Waals surface area contributed by atoms with Gasteiger partial charge in [-0.05, 0) is 59.9 Å². The van der Waals surface area contributed by atoms with Crippen molar-refractivity contribution < 1.29 is 19.0 Å². The van der Waals surface area contributed by atoms with Gasteiger partial charge in [-0.2, -0.15) is 0 Å². The van der Waals surface area contributed by atoms with Crippen LogP contribution in [0.4, 0.5) is 5.82 Å². The Hall–Kier alpha value is -4.17. The molecule has 0 unspecified atom stereocenters. The topological polar surface area (TPSA) is 85.8 Å². The molecule has 0 aliphatic heterocycles. The highest BCUT2D eigenvalue weighted by atomic mass is 16.5. The number of hydrogen-bond acceptors (Lipinski definition) is 7. The Morgan fingerprint density at radius 3 is 2.58 bits per heavy atom. The number of rotatable bonds is 11. The van der Waals surface area contributed by atoms with E-state index < -0.39 is 0 Å². The Morgan fingerprint density at radius 2 is 1.82 bits per heavy atom. The third kappa shape index (κ3) is 5.70. The van der Waals surface area contributed by atoms with Gasteiger partial charge in [-0.25, -0.2) is 9.97 Å². The van der Waals surface area contributed by atoms with E-state index in [-0.39, 0.29) is 12.5 Å². The molecule has 1 aliphatic rings. The minimum Gasteiger partial charge on any atom is -0.497 e. The van der Waals surface area contributed by atoms with Crippen LogP contribution in [0.5, 0.6) is 11.5 Å². The first-order valence-electron chi connectivity index (χ1n) is 12.7. The van der Waals surface area contributed by atoms with Crippen LogP contribution in [0.15, 0.2) is 67.0 Å². The highest BCUT2D eigenvalue weighted by molar-refractivity contribution is 5.92. The van der Waals surface area contributed by atoms with E-state index in [2.05, 4.69) is 45.6 Å². The Kier molecular flexibility index (Phi) is 7.70. The molecule has 1 saturated carbocycles. The van der Waals surface area contributed by atoms with Gasteiger partial charge in [0, 0.05) is 43.3 Å². The predicted molar refractivity (Wildman–Crippen MR) is 147 cm³/mol. The second-order valence-electron chi connectivity index (χ2n) is 9.37. The van der Waals surface area contributed by atoms with Crippen LogP contribution in [0.2, 0.25) is 0 Å². The highest BCUT2D eigenvalue weighted by Crippen LogP contribution is 2.31. The summed E-state index contributed by atoms with van der Waals surface area (Å²) < 4.78 is 15.9. The SMILES string of the molecule is COCC(=O)N(Cc1cccc(-c2ccc3ncnc(NCc4ccc(OC)cc4OC)c3c2)c1)C1CC1. The fourth-order valence-corrected chi connectivity index (χ4v) is 4.61. The Balaban J connectivity index is 1.39. The minimum atomic E-state index is 0.0347. The molecular weight excluding hydrogens is 480 g/mol. The molecule has 1 aromatic heterocycles. The van der Waals surface area contributed by atoms with E-state index in [4.69, 9.17) is 14.2 Å². The lowest BCUT2D eigenvalue weighted by Gasteiger charge is -2.22. The van der Waals surface area contributed by atoms with Gasteiger partial charge in [0.1, 0.15) is 30.3 Å². The van der Waals surface area contributed by atoms with Crippen LogP contribution in [-0.2, 0) is 22.6 Å². The lowest BCUT2D eigenvalue weighted by atomic mass is 10.0. The lowest BCUT2D eigenvalue weighted by Crippen LogP contribution is -2.35. The van der Waals surface area contributed by atoms with Crippen molar-refractivity contribution in [2.24, 2.45) is 0 Å². The molecule has 1 heterocycles. The lowest BCUT2D eigenvalue weighted by molar-refractivity contribution is -0.136. The van der Waals surface area contributed by atoms with Crippen LogP contribution in [0.1, 0.15) is 24.0 Å². The number of benzene rings is 3. The summed E-state index contributed by atoms with van der Waals surface area (Å²) in [7, 11) is 4.84. The Labute approximate surface area is 222 Å². The molecule has 5 rings (SSSR count). The number of hydrogen-bond donors (Lipinski definition) is 1. The number of aromatic nitrogens is 2. The van der Waals surface area contributed by atoms with Gasteiger partial charge in [-0.15, -0.1) is 0 Å². The number of fused-ring (bicyclic) bond motifs is 1. The van der Waals surface area contributed by atoms with Crippen molar-refractivity contribution in [2.45, 2.75) is 32.0 Å². The van der Waals surface area contributed by atoms with Crippen molar-refractivity contribution >= 4 is 22.6 Å². The molecule has 196 valence electrons. The average molecular weight is 513 g/mol. The molecule has 38 heavy (non-hydrogen) atoms. The maximum atomic E-state index is 12.6. The van der Waals surface area contributed by atoms with E-state index in [1.54, 1.807) is 27.7 Å². The molecule has 1 N–H and O–H groups in total. The maximum absolute atomic E-state index is 12.6. The normalized spacial score (nSPS) is 12.8. The zero-order chi connectivity index (χ0) is 26.5. The quantitative estimate of drug-likeness (QED) is 0.301. The fourth-order valence-electron chi connectivity index (χ4n) is 4.61. The van der Waals surface area contributed by atoms with Crippen LogP contribution in [0.25, 0.3) is 22.0 Å². The molecule has 0 spiro atoms. The molecule has 0 radical (unpaired) electrons. The van der Waals surface area contributed by atoms with Crippen LogP contribution < -0.4 is 14.8 Å². The van der Waals surface area contributed by atoms with Crippen molar-refractivity contribution in [1.82, 2.24) is 14.9 Å². The van der Waals surface area contributed by atoms with Crippen molar-refractivity contribution in [3.63, 3.8) is 0 Å². The monoisotopic (exact) mass is 512 g/mol. The zero-order valence-corrected chi connectivity index (χ0v) is 21.9. The molecule has 0 bridgehead atoms. The van der Waals surface area contributed by atoms with E-state index in [1.165, 1.54) is 0 Å². The molecule has 8 nitrogen and oxygen atoms in total. The molecule has 4 aromatic rings. The zero-order valence-electron chi connectivity index (χ0n) is 21.9. The van der Waals surface area contributed by atoms with Crippen LogP contribution in [0, 0.1) is 0 Å². The number of carbonyl (C=O) groups is 1. The predicted octanol–water partition coefficient (Wildman–Crippen LogP) is 5.06.